The Hall–Kier alpha value is -5.43. The molecule has 57 heavy (non-hydrogen) atoms. The molecule has 12 nitrogen and oxygen atoms in total. The van der Waals surface area contributed by atoms with Crippen molar-refractivity contribution in [1.82, 2.24) is 0 Å². The molecule has 0 N–H and O–H groups in total. The van der Waals surface area contributed by atoms with Crippen LogP contribution in [0.3, 0.4) is 0 Å². The van der Waals surface area contributed by atoms with Crippen LogP contribution in [-0.2, 0) is 57.0 Å². The van der Waals surface area contributed by atoms with Gasteiger partial charge in [-0.2, -0.15) is 0 Å². The van der Waals surface area contributed by atoms with E-state index in [1.54, 1.807) is 18.2 Å². The van der Waals surface area contributed by atoms with Crippen LogP contribution in [0.2, 0.25) is 0 Å². The quantitative estimate of drug-likeness (QED) is 0.196. The summed E-state index contributed by atoms with van der Waals surface area (Å²) in [5.41, 5.74) is 2.79. The molecule has 0 aromatic heterocycles. The lowest BCUT2D eigenvalue weighted by Crippen LogP contribution is -2.39. The van der Waals surface area contributed by atoms with Crippen molar-refractivity contribution in [2.75, 3.05) is 41.2 Å². The van der Waals surface area contributed by atoms with Gasteiger partial charge in [-0.05, 0) is 54.2 Å². The minimum absolute atomic E-state index is 0.0130. The van der Waals surface area contributed by atoms with Gasteiger partial charge in [0, 0.05) is 56.8 Å². The Balaban J connectivity index is 1.25. The summed E-state index contributed by atoms with van der Waals surface area (Å²) < 4.78 is 53.3. The smallest absolute Gasteiger partial charge is 0.373 e. The number of hydrogen-bond acceptors (Lipinski definition) is 12. The zero-order valence-corrected chi connectivity index (χ0v) is 32.2. The van der Waals surface area contributed by atoms with Crippen LogP contribution in [0.25, 0.3) is 0 Å². The lowest BCUT2D eigenvalue weighted by Gasteiger charge is -2.37. The highest BCUT2D eigenvalue weighted by molar-refractivity contribution is 5.87. The Bertz CT molecular complexity index is 1700. The molecular weight excluding hydrogens is 732 g/mol. The van der Waals surface area contributed by atoms with Crippen LogP contribution >= 0.6 is 0 Å². The van der Waals surface area contributed by atoms with E-state index in [0.29, 0.717) is 19.3 Å². The molecule has 0 saturated carbocycles. The van der Waals surface area contributed by atoms with Gasteiger partial charge in [-0.1, -0.05) is 91.0 Å². The Morgan fingerprint density at radius 3 is 0.930 bits per heavy atom. The predicted octanol–water partition coefficient (Wildman–Crippen LogP) is 6.66. The standard InChI is InChI=1S/C45H48O12/c1-49-43-31-19-22-52-41(47)38-26-35(29-15-9-5-10-16-29)33(45(51-3)56-38)21-24-54-42(48)39-27-36(30-17-11-6-12-18-30)32(44(50-2)57-39)20-23-53-40(46)37(55-43)25-34(31)28-13-7-4-8-14-28/h4-18,25-27,31-36,43-45H,19-24H2,1-3H3. The first-order valence-corrected chi connectivity index (χ1v) is 19.3. The van der Waals surface area contributed by atoms with Crippen LogP contribution in [0.4, 0.5) is 0 Å². The fraction of sp³-hybridized carbons (Fsp3) is 0.400. The Morgan fingerprint density at radius 2 is 0.684 bits per heavy atom. The maximum Gasteiger partial charge on any atom is 0.373 e. The number of benzene rings is 3. The number of carbonyl (C=O) groups excluding carboxylic acids is 3. The molecule has 7 aliphatic heterocycles. The van der Waals surface area contributed by atoms with Gasteiger partial charge in [0.2, 0.25) is 36.1 Å². The molecule has 12 heteroatoms. The molecule has 3 aromatic rings. The van der Waals surface area contributed by atoms with Crippen LogP contribution in [0.5, 0.6) is 0 Å². The van der Waals surface area contributed by atoms with Crippen LogP contribution in [0.1, 0.15) is 53.7 Å². The molecule has 9 unspecified atom stereocenters. The van der Waals surface area contributed by atoms with E-state index in [1.807, 2.05) is 91.0 Å². The van der Waals surface area contributed by atoms with Crippen molar-refractivity contribution >= 4 is 17.9 Å². The number of methoxy groups -OCH3 is 3. The van der Waals surface area contributed by atoms with Gasteiger partial charge < -0.3 is 42.6 Å². The summed E-state index contributed by atoms with van der Waals surface area (Å²) in [6, 6.07) is 29.1. The topological polar surface area (TPSA) is 134 Å². The summed E-state index contributed by atoms with van der Waals surface area (Å²) in [5, 5.41) is 0. The zero-order chi connectivity index (χ0) is 39.7. The summed E-state index contributed by atoms with van der Waals surface area (Å²) >= 11 is 0. The van der Waals surface area contributed by atoms with E-state index < -0.39 is 36.8 Å². The number of ether oxygens (including phenoxy) is 9. The third-order valence-electron chi connectivity index (χ3n) is 11.1. The maximum atomic E-state index is 13.7. The second kappa shape index (κ2) is 18.7. The number of rotatable bonds is 6. The second-order valence-electron chi connectivity index (χ2n) is 14.3. The molecule has 10 rings (SSSR count). The number of allylic oxidation sites excluding steroid dienone is 3. The molecule has 6 bridgehead atoms. The van der Waals surface area contributed by atoms with Crippen LogP contribution in [0.15, 0.2) is 127 Å². The minimum atomic E-state index is -0.853. The molecule has 3 aromatic carbocycles. The number of fused-ring (bicyclic) bond motifs is 2. The van der Waals surface area contributed by atoms with Gasteiger partial charge in [-0.3, -0.25) is 0 Å². The minimum Gasteiger partial charge on any atom is -0.460 e. The zero-order valence-electron chi connectivity index (χ0n) is 32.2. The third-order valence-corrected chi connectivity index (χ3v) is 11.1. The van der Waals surface area contributed by atoms with Crippen molar-refractivity contribution in [1.29, 1.82) is 0 Å². The number of hydrogen-bond donors (Lipinski definition) is 0. The summed E-state index contributed by atoms with van der Waals surface area (Å²) in [7, 11) is 4.53. The lowest BCUT2D eigenvalue weighted by atomic mass is 9.81. The summed E-state index contributed by atoms with van der Waals surface area (Å²) in [6.07, 6.45) is 3.70. The van der Waals surface area contributed by atoms with Gasteiger partial charge in [0.05, 0.1) is 19.8 Å². The molecule has 7 heterocycles. The summed E-state index contributed by atoms with van der Waals surface area (Å²) in [5.74, 6) is -3.93. The monoisotopic (exact) mass is 780 g/mol. The van der Waals surface area contributed by atoms with Crippen molar-refractivity contribution in [2.45, 2.75) is 55.9 Å². The van der Waals surface area contributed by atoms with Gasteiger partial charge in [0.15, 0.2) is 0 Å². The lowest BCUT2D eigenvalue weighted by molar-refractivity contribution is -0.179. The van der Waals surface area contributed by atoms with Gasteiger partial charge >= 0.3 is 17.9 Å². The molecule has 9 atom stereocenters. The number of carbonyl (C=O) groups is 3. The van der Waals surface area contributed by atoms with E-state index in [1.165, 1.54) is 21.3 Å². The fourth-order valence-electron chi connectivity index (χ4n) is 8.22. The highest BCUT2D eigenvalue weighted by Gasteiger charge is 2.42. The predicted molar refractivity (Wildman–Crippen MR) is 205 cm³/mol. The SMILES string of the molecule is COC1OC2=CC(c3ccccc3)C1CCOC(=O)C1=CC(c3ccccc3)C(CCOC(=O)C3=CC(c4ccccc4)C(CCOC2=O)C(OC)O3)C(OC)O1. The Morgan fingerprint density at radius 1 is 0.421 bits per heavy atom. The van der Waals surface area contributed by atoms with E-state index in [9.17, 15) is 14.4 Å². The average Bonchev–Trinajstić information content (AvgIpc) is 3.26. The van der Waals surface area contributed by atoms with Crippen molar-refractivity contribution in [3.63, 3.8) is 0 Å². The van der Waals surface area contributed by atoms with Gasteiger partial charge in [-0.15, -0.1) is 0 Å². The van der Waals surface area contributed by atoms with E-state index in [4.69, 9.17) is 42.6 Å². The van der Waals surface area contributed by atoms with E-state index in [-0.39, 0.29) is 72.6 Å². The first-order valence-electron chi connectivity index (χ1n) is 19.3. The molecule has 7 aliphatic rings. The first kappa shape index (κ1) is 39.8. The fourth-order valence-corrected chi connectivity index (χ4v) is 8.22. The molecule has 0 spiro atoms. The van der Waals surface area contributed by atoms with Crippen molar-refractivity contribution in [3.05, 3.63) is 143 Å². The summed E-state index contributed by atoms with van der Waals surface area (Å²) in [4.78, 5) is 41.0. The van der Waals surface area contributed by atoms with E-state index in [2.05, 4.69) is 0 Å². The maximum absolute atomic E-state index is 13.7. The van der Waals surface area contributed by atoms with E-state index >= 15 is 0 Å². The first-order chi connectivity index (χ1) is 27.9. The van der Waals surface area contributed by atoms with E-state index in [0.717, 1.165) is 16.7 Å². The van der Waals surface area contributed by atoms with Crippen molar-refractivity contribution in [2.24, 2.45) is 17.8 Å². The summed E-state index contributed by atoms with van der Waals surface area (Å²) in [6.45, 7) is 0.0416. The molecular formula is C45H48O12. The molecule has 0 aliphatic carbocycles. The average molecular weight is 781 g/mol. The molecule has 0 amide bonds. The Labute approximate surface area is 332 Å². The molecule has 0 fully saturated rings. The number of esters is 3. The largest absolute Gasteiger partial charge is 0.460 e. The third kappa shape index (κ3) is 9.09. The highest BCUT2D eigenvalue weighted by Crippen LogP contribution is 2.42. The van der Waals surface area contributed by atoms with Crippen LogP contribution < -0.4 is 0 Å². The second-order valence-corrected chi connectivity index (χ2v) is 14.3. The van der Waals surface area contributed by atoms with Crippen molar-refractivity contribution < 1.29 is 57.0 Å². The van der Waals surface area contributed by atoms with Gasteiger partial charge in [0.1, 0.15) is 0 Å². The van der Waals surface area contributed by atoms with Gasteiger partial charge in [-0.25, -0.2) is 14.4 Å². The van der Waals surface area contributed by atoms with Crippen LogP contribution in [0, 0.1) is 17.8 Å². The highest BCUT2D eigenvalue weighted by atomic mass is 16.7. The van der Waals surface area contributed by atoms with Gasteiger partial charge in [0.25, 0.3) is 0 Å². The van der Waals surface area contributed by atoms with Crippen LogP contribution in [-0.4, -0.2) is 77.9 Å². The molecule has 300 valence electrons. The Kier molecular flexibility index (Phi) is 13.0. The normalized spacial score (nSPS) is 29.8. The molecule has 0 radical (unpaired) electrons. The van der Waals surface area contributed by atoms with Crippen molar-refractivity contribution in [3.8, 4) is 0 Å². The molecule has 0 saturated heterocycles.